The van der Waals surface area contributed by atoms with Gasteiger partial charge in [0.05, 0.1) is 0 Å². The van der Waals surface area contributed by atoms with Gasteiger partial charge in [-0.1, -0.05) is 103 Å². The summed E-state index contributed by atoms with van der Waals surface area (Å²) in [6.45, 7) is 3.15. The summed E-state index contributed by atoms with van der Waals surface area (Å²) >= 11 is 0. The van der Waals surface area contributed by atoms with Gasteiger partial charge in [0.25, 0.3) is 0 Å². The quantitative estimate of drug-likeness (QED) is 0.164. The predicted octanol–water partition coefficient (Wildman–Crippen LogP) is 7.50. The summed E-state index contributed by atoms with van der Waals surface area (Å²) in [5.74, 6) is 1.01. The molecule has 0 unspecified atom stereocenters. The van der Waals surface area contributed by atoms with Crippen molar-refractivity contribution in [1.29, 1.82) is 0 Å². The summed E-state index contributed by atoms with van der Waals surface area (Å²) < 4.78 is 18.2. The zero-order valence-corrected chi connectivity index (χ0v) is 25.3. The van der Waals surface area contributed by atoms with E-state index in [1.165, 1.54) is 13.8 Å². The number of hydrogen-bond acceptors (Lipinski definition) is 6. The molecular formula is C39H34O6. The first kappa shape index (κ1) is 29.7. The number of ether oxygens (including phenoxy) is 3. The molecule has 1 N–H and O–H groups in total. The first-order valence-electron chi connectivity index (χ1n) is 15.0. The fraction of sp³-hybridized carbons (Fsp3) is 0.179. The predicted molar refractivity (Wildman–Crippen MR) is 172 cm³/mol. The molecule has 5 aromatic carbocycles. The van der Waals surface area contributed by atoms with Crippen molar-refractivity contribution in [3.05, 3.63) is 153 Å². The second-order valence-corrected chi connectivity index (χ2v) is 11.3. The number of para-hydroxylation sites is 4. The van der Waals surface area contributed by atoms with E-state index < -0.39 is 11.9 Å². The monoisotopic (exact) mass is 598 g/mol. The summed E-state index contributed by atoms with van der Waals surface area (Å²) in [6.07, 6.45) is 1.59. The summed E-state index contributed by atoms with van der Waals surface area (Å²) in [5, 5.41) is 11.5. The minimum absolute atomic E-state index is 0.200. The molecule has 6 rings (SSSR count). The lowest BCUT2D eigenvalue weighted by Crippen LogP contribution is -2.11. The number of phenolic OH excluding ortho intramolecular Hbond substituents is 1. The highest BCUT2D eigenvalue weighted by Crippen LogP contribution is 2.38. The minimum Gasteiger partial charge on any atom is -0.507 e. The third-order valence-electron chi connectivity index (χ3n) is 7.98. The average molecular weight is 599 g/mol. The van der Waals surface area contributed by atoms with E-state index >= 15 is 0 Å². The number of rotatable bonds is 5. The molecule has 1 aliphatic carbocycles. The van der Waals surface area contributed by atoms with Crippen molar-refractivity contribution in [3.63, 3.8) is 0 Å². The third-order valence-corrected chi connectivity index (χ3v) is 7.98. The van der Waals surface area contributed by atoms with Crippen molar-refractivity contribution < 1.29 is 28.9 Å². The van der Waals surface area contributed by atoms with Crippen molar-refractivity contribution in [2.24, 2.45) is 0 Å². The molecule has 0 spiro atoms. The third kappa shape index (κ3) is 6.75. The van der Waals surface area contributed by atoms with Gasteiger partial charge in [0, 0.05) is 39.5 Å². The highest BCUT2D eigenvalue weighted by atomic mass is 16.5. The Morgan fingerprint density at radius 2 is 0.867 bits per heavy atom. The van der Waals surface area contributed by atoms with Crippen LogP contribution in [0.4, 0.5) is 0 Å². The van der Waals surface area contributed by atoms with Crippen molar-refractivity contribution in [1.82, 2.24) is 0 Å². The largest absolute Gasteiger partial charge is 0.507 e. The number of hydrogen-bond donors (Lipinski definition) is 1. The minimum atomic E-state index is -0.438. The molecule has 5 aromatic rings. The van der Waals surface area contributed by atoms with Gasteiger partial charge < -0.3 is 19.3 Å². The first-order chi connectivity index (χ1) is 21.9. The topological polar surface area (TPSA) is 82.1 Å². The van der Waals surface area contributed by atoms with Crippen molar-refractivity contribution in [2.45, 2.75) is 46.1 Å². The molecule has 0 radical (unpaired) electrons. The Morgan fingerprint density at radius 3 is 1.27 bits per heavy atom. The number of aromatic hydroxyl groups is 1. The maximum absolute atomic E-state index is 12.4. The molecule has 45 heavy (non-hydrogen) atoms. The van der Waals surface area contributed by atoms with Crippen LogP contribution in [-0.2, 0) is 41.9 Å². The standard InChI is InChI=1S/C39H34O6/c1-25(40)44-38-32-16-8-18-34(38)23-35-19-9-17-33(39(35)45-26(2)41)22-31-15-7-14-30(20-28-12-6-13-29(21-32)36(28)42)37(31)43-24-27-10-4-3-5-11-27/h3-19,42H,20-24H2,1-2H3. The number of esters is 2. The van der Waals surface area contributed by atoms with Crippen LogP contribution in [0.1, 0.15) is 63.9 Å². The number of carbonyl (C=O) groups excluding carboxylic acids is 2. The van der Waals surface area contributed by atoms with Crippen LogP contribution in [0.3, 0.4) is 0 Å². The van der Waals surface area contributed by atoms with Crippen molar-refractivity contribution in [3.8, 4) is 23.0 Å². The molecule has 8 bridgehead atoms. The SMILES string of the molecule is CC(=O)Oc1c2cccc1Cc1cccc(c1OC(C)=O)Cc1cccc(c1OCc1ccccc1)Cc1cccc(c1O)C2. The Morgan fingerprint density at radius 1 is 0.511 bits per heavy atom. The molecule has 0 saturated heterocycles. The molecule has 0 aromatic heterocycles. The van der Waals surface area contributed by atoms with Gasteiger partial charge in [-0.05, 0) is 50.1 Å². The summed E-state index contributed by atoms with van der Waals surface area (Å²) in [5.41, 5.74) is 7.52. The molecule has 0 aliphatic heterocycles. The van der Waals surface area contributed by atoms with E-state index in [-0.39, 0.29) is 5.75 Å². The Balaban J connectivity index is 1.55. The Labute approximate surface area is 262 Å². The molecule has 0 amide bonds. The second-order valence-electron chi connectivity index (χ2n) is 11.3. The highest BCUT2D eigenvalue weighted by molar-refractivity contribution is 5.72. The van der Waals surface area contributed by atoms with E-state index in [0.29, 0.717) is 43.8 Å². The first-order valence-corrected chi connectivity index (χ1v) is 15.0. The maximum Gasteiger partial charge on any atom is 0.308 e. The molecule has 1 aliphatic rings. The molecule has 6 heteroatoms. The lowest BCUT2D eigenvalue weighted by Gasteiger charge is -2.21. The second kappa shape index (κ2) is 13.1. The van der Waals surface area contributed by atoms with Crippen molar-refractivity contribution in [2.75, 3.05) is 0 Å². The smallest absolute Gasteiger partial charge is 0.308 e. The lowest BCUT2D eigenvalue weighted by atomic mass is 9.91. The molecular weight excluding hydrogens is 564 g/mol. The van der Waals surface area contributed by atoms with E-state index in [1.54, 1.807) is 0 Å². The van der Waals surface area contributed by atoms with E-state index in [0.717, 1.165) is 55.8 Å². The summed E-state index contributed by atoms with van der Waals surface area (Å²) in [6, 6.07) is 33.3. The molecule has 0 atom stereocenters. The van der Waals surface area contributed by atoms with Crippen LogP contribution in [0, 0.1) is 0 Å². The zero-order valence-electron chi connectivity index (χ0n) is 25.3. The van der Waals surface area contributed by atoms with Crippen LogP contribution in [-0.4, -0.2) is 17.0 Å². The molecule has 0 fully saturated rings. The van der Waals surface area contributed by atoms with Crippen LogP contribution in [0.5, 0.6) is 23.0 Å². The highest BCUT2D eigenvalue weighted by Gasteiger charge is 2.22. The number of fused-ring (bicyclic) bond motifs is 8. The van der Waals surface area contributed by atoms with Gasteiger partial charge in [-0.15, -0.1) is 0 Å². The Hall–Kier alpha value is -5.36. The summed E-state index contributed by atoms with van der Waals surface area (Å²) in [7, 11) is 0. The fourth-order valence-corrected chi connectivity index (χ4v) is 5.96. The van der Waals surface area contributed by atoms with Gasteiger partial charge in [0.2, 0.25) is 0 Å². The molecule has 226 valence electrons. The number of phenols is 1. The lowest BCUT2D eigenvalue weighted by molar-refractivity contribution is -0.132. The van der Waals surface area contributed by atoms with Gasteiger partial charge in [0.15, 0.2) is 0 Å². The van der Waals surface area contributed by atoms with Gasteiger partial charge in [-0.3, -0.25) is 9.59 Å². The van der Waals surface area contributed by atoms with Crippen LogP contribution in [0.2, 0.25) is 0 Å². The van der Waals surface area contributed by atoms with E-state index in [4.69, 9.17) is 14.2 Å². The van der Waals surface area contributed by atoms with Gasteiger partial charge in [-0.25, -0.2) is 0 Å². The molecule has 6 nitrogen and oxygen atoms in total. The normalized spacial score (nSPS) is 12.2. The molecule has 0 saturated carbocycles. The van der Waals surface area contributed by atoms with Gasteiger partial charge in [-0.2, -0.15) is 0 Å². The Kier molecular flexibility index (Phi) is 8.65. The van der Waals surface area contributed by atoms with E-state index in [9.17, 15) is 14.7 Å². The fourth-order valence-electron chi connectivity index (χ4n) is 5.96. The number of carbonyl (C=O) groups is 2. The number of benzene rings is 5. The van der Waals surface area contributed by atoms with Crippen LogP contribution in [0.25, 0.3) is 0 Å². The Bertz CT molecular complexity index is 1880. The zero-order chi connectivity index (χ0) is 31.3. The van der Waals surface area contributed by atoms with E-state index in [1.807, 2.05) is 103 Å². The van der Waals surface area contributed by atoms with Crippen LogP contribution >= 0.6 is 0 Å². The maximum atomic E-state index is 12.4. The van der Waals surface area contributed by atoms with Gasteiger partial charge >= 0.3 is 11.9 Å². The van der Waals surface area contributed by atoms with Gasteiger partial charge in [0.1, 0.15) is 29.6 Å². The average Bonchev–Trinajstić information content (AvgIpc) is 3.01. The van der Waals surface area contributed by atoms with Crippen molar-refractivity contribution >= 4 is 11.9 Å². The summed E-state index contributed by atoms with van der Waals surface area (Å²) in [4.78, 5) is 24.7. The van der Waals surface area contributed by atoms with E-state index in [2.05, 4.69) is 0 Å². The molecule has 0 heterocycles. The van der Waals surface area contributed by atoms with Crippen LogP contribution < -0.4 is 14.2 Å². The van der Waals surface area contributed by atoms with Crippen LogP contribution in [0.15, 0.2) is 103 Å².